The number of anilines is 2. The molecule has 1 heterocycles. The minimum absolute atomic E-state index is 0.101. The number of halogens is 1. The number of benzene rings is 2. The van der Waals surface area contributed by atoms with Crippen LogP contribution < -0.4 is 20.9 Å². The molecule has 2 amide bonds. The lowest BCUT2D eigenvalue weighted by Crippen LogP contribution is -2.28. The molecule has 0 bridgehead atoms. The Morgan fingerprint density at radius 1 is 1.11 bits per heavy atom. The first kappa shape index (κ1) is 19.4. The van der Waals surface area contributed by atoms with Crippen molar-refractivity contribution < 1.29 is 9.53 Å². The van der Waals surface area contributed by atoms with E-state index in [9.17, 15) is 9.59 Å². The van der Waals surface area contributed by atoms with E-state index in [0.717, 1.165) is 11.1 Å². The second-order valence-electron chi connectivity index (χ2n) is 6.15. The molecule has 8 heteroatoms. The number of hydrogen-bond donors (Lipinski definition) is 2. The summed E-state index contributed by atoms with van der Waals surface area (Å²) in [7, 11) is 1.51. The van der Waals surface area contributed by atoms with Crippen molar-refractivity contribution in [2.24, 2.45) is 0 Å². The highest BCUT2D eigenvalue weighted by Gasteiger charge is 2.12. The number of nitrogens with zero attached hydrogens (tertiary/aromatic N) is 2. The van der Waals surface area contributed by atoms with Crippen molar-refractivity contribution in [1.29, 1.82) is 0 Å². The van der Waals surface area contributed by atoms with Gasteiger partial charge in [0.15, 0.2) is 0 Å². The molecule has 3 aromatic rings. The SMILES string of the molecule is COc1ccc(-n2ccnc(NC(=O)Nc3ccc(C)c(C)c3)c2=O)cc1Cl. The number of amides is 2. The highest BCUT2D eigenvalue weighted by molar-refractivity contribution is 6.32. The van der Waals surface area contributed by atoms with Crippen molar-refractivity contribution in [2.45, 2.75) is 13.8 Å². The Balaban J connectivity index is 1.82. The average molecular weight is 399 g/mol. The molecule has 2 N–H and O–H groups in total. The Hall–Kier alpha value is -3.32. The fourth-order valence-corrected chi connectivity index (χ4v) is 2.85. The summed E-state index contributed by atoms with van der Waals surface area (Å²) in [6.07, 6.45) is 2.91. The summed E-state index contributed by atoms with van der Waals surface area (Å²) in [5.74, 6) is 0.398. The first-order chi connectivity index (χ1) is 13.4. The number of carbonyl (C=O) groups is 1. The van der Waals surface area contributed by atoms with E-state index in [1.807, 2.05) is 26.0 Å². The summed E-state index contributed by atoms with van der Waals surface area (Å²) in [5.41, 5.74) is 2.83. The third-order valence-corrected chi connectivity index (χ3v) is 4.55. The van der Waals surface area contributed by atoms with Crippen molar-refractivity contribution in [3.8, 4) is 11.4 Å². The molecule has 0 radical (unpaired) electrons. The van der Waals surface area contributed by atoms with E-state index in [1.165, 1.54) is 24.1 Å². The summed E-state index contributed by atoms with van der Waals surface area (Å²) < 4.78 is 6.46. The molecule has 0 aliphatic carbocycles. The molecule has 0 unspecified atom stereocenters. The largest absolute Gasteiger partial charge is 0.495 e. The van der Waals surface area contributed by atoms with Crippen LogP contribution in [0.25, 0.3) is 5.69 Å². The molecule has 0 aliphatic heterocycles. The monoisotopic (exact) mass is 398 g/mol. The Kier molecular flexibility index (Phi) is 5.65. The predicted molar refractivity (Wildman–Crippen MR) is 110 cm³/mol. The molecule has 1 aromatic heterocycles. The van der Waals surface area contributed by atoms with Crippen LogP contribution in [-0.4, -0.2) is 22.7 Å². The second kappa shape index (κ2) is 8.14. The molecule has 0 fully saturated rings. The number of rotatable bonds is 4. The van der Waals surface area contributed by atoms with Crippen LogP contribution >= 0.6 is 11.6 Å². The highest BCUT2D eigenvalue weighted by atomic mass is 35.5. The fraction of sp³-hybridized carbons (Fsp3) is 0.150. The number of ether oxygens (including phenoxy) is 1. The van der Waals surface area contributed by atoms with Gasteiger partial charge in [0, 0.05) is 18.1 Å². The Bertz CT molecular complexity index is 1100. The smallest absolute Gasteiger partial charge is 0.325 e. The van der Waals surface area contributed by atoms with Crippen molar-refractivity contribution >= 4 is 29.1 Å². The highest BCUT2D eigenvalue weighted by Crippen LogP contribution is 2.26. The topological polar surface area (TPSA) is 85.2 Å². The van der Waals surface area contributed by atoms with Crippen molar-refractivity contribution in [3.63, 3.8) is 0 Å². The lowest BCUT2D eigenvalue weighted by molar-refractivity contribution is 0.262. The van der Waals surface area contributed by atoms with Gasteiger partial charge in [-0.15, -0.1) is 0 Å². The molecular formula is C20H19ClN4O3. The third kappa shape index (κ3) is 4.15. The summed E-state index contributed by atoms with van der Waals surface area (Å²) in [6.45, 7) is 3.94. The maximum Gasteiger partial charge on any atom is 0.325 e. The Morgan fingerprint density at radius 2 is 1.89 bits per heavy atom. The minimum Gasteiger partial charge on any atom is -0.495 e. The van der Waals surface area contributed by atoms with Crippen LogP contribution in [0.3, 0.4) is 0 Å². The van der Waals surface area contributed by atoms with Gasteiger partial charge in [0.25, 0.3) is 5.56 Å². The van der Waals surface area contributed by atoms with Crippen molar-refractivity contribution in [1.82, 2.24) is 9.55 Å². The van der Waals surface area contributed by atoms with Gasteiger partial charge in [0.2, 0.25) is 5.82 Å². The second-order valence-corrected chi connectivity index (χ2v) is 6.56. The molecule has 3 rings (SSSR count). The van der Waals surface area contributed by atoms with E-state index in [-0.39, 0.29) is 5.82 Å². The van der Waals surface area contributed by atoms with E-state index in [4.69, 9.17) is 16.3 Å². The number of methoxy groups -OCH3 is 1. The summed E-state index contributed by atoms with van der Waals surface area (Å²) in [6, 6.07) is 9.93. The standard InChI is InChI=1S/C20H19ClN4O3/c1-12-4-5-14(10-13(12)2)23-20(27)24-18-19(26)25(9-8-22-18)15-6-7-17(28-3)16(21)11-15/h4-11H,1-3H3,(H2,22,23,24,27). The number of nitrogens with one attached hydrogen (secondary N) is 2. The number of aromatic nitrogens is 2. The lowest BCUT2D eigenvalue weighted by Gasteiger charge is -2.11. The number of carbonyl (C=O) groups excluding carboxylic acids is 1. The molecule has 28 heavy (non-hydrogen) atoms. The quantitative estimate of drug-likeness (QED) is 0.691. The van der Waals surface area contributed by atoms with Gasteiger partial charge < -0.3 is 10.1 Å². The van der Waals surface area contributed by atoms with Gasteiger partial charge in [-0.25, -0.2) is 9.78 Å². The van der Waals surface area contributed by atoms with E-state index < -0.39 is 11.6 Å². The molecule has 0 saturated carbocycles. The van der Waals surface area contributed by atoms with Crippen LogP contribution in [-0.2, 0) is 0 Å². The van der Waals surface area contributed by atoms with Gasteiger partial charge in [-0.1, -0.05) is 17.7 Å². The van der Waals surface area contributed by atoms with E-state index in [1.54, 1.807) is 24.3 Å². The maximum atomic E-state index is 12.7. The van der Waals surface area contributed by atoms with Crippen LogP contribution in [0.4, 0.5) is 16.3 Å². The van der Waals surface area contributed by atoms with Gasteiger partial charge in [-0.2, -0.15) is 0 Å². The van der Waals surface area contributed by atoms with Crippen LogP contribution in [0.1, 0.15) is 11.1 Å². The van der Waals surface area contributed by atoms with E-state index in [0.29, 0.717) is 22.1 Å². The molecule has 2 aromatic carbocycles. The Labute approximate surface area is 166 Å². The molecule has 0 atom stereocenters. The number of hydrogen-bond acceptors (Lipinski definition) is 4. The molecule has 144 valence electrons. The van der Waals surface area contributed by atoms with Gasteiger partial charge >= 0.3 is 6.03 Å². The zero-order valence-corrected chi connectivity index (χ0v) is 16.4. The maximum absolute atomic E-state index is 12.7. The van der Waals surface area contributed by atoms with Gasteiger partial charge in [0.05, 0.1) is 17.8 Å². The zero-order valence-electron chi connectivity index (χ0n) is 15.6. The molecule has 0 saturated heterocycles. The van der Waals surface area contributed by atoms with Crippen molar-refractivity contribution in [2.75, 3.05) is 17.7 Å². The summed E-state index contributed by atoms with van der Waals surface area (Å²) in [5, 5.41) is 5.55. The first-order valence-corrected chi connectivity index (χ1v) is 8.83. The lowest BCUT2D eigenvalue weighted by atomic mass is 10.1. The normalized spacial score (nSPS) is 10.4. The summed E-state index contributed by atoms with van der Waals surface area (Å²) in [4.78, 5) is 28.9. The van der Waals surface area contributed by atoms with Crippen LogP contribution in [0.5, 0.6) is 5.75 Å². The van der Waals surface area contributed by atoms with E-state index >= 15 is 0 Å². The number of aryl methyl sites for hydroxylation is 2. The van der Waals surface area contributed by atoms with Gasteiger partial charge in [-0.05, 0) is 55.3 Å². The van der Waals surface area contributed by atoms with E-state index in [2.05, 4.69) is 15.6 Å². The minimum atomic E-state index is -0.557. The molecule has 0 aliphatic rings. The molecule has 7 nitrogen and oxygen atoms in total. The van der Waals surface area contributed by atoms with Crippen LogP contribution in [0, 0.1) is 13.8 Å². The average Bonchev–Trinajstić information content (AvgIpc) is 2.66. The van der Waals surface area contributed by atoms with Crippen molar-refractivity contribution in [3.05, 3.63) is 75.3 Å². The molecule has 0 spiro atoms. The zero-order chi connectivity index (χ0) is 20.3. The summed E-state index contributed by atoms with van der Waals surface area (Å²) >= 11 is 6.13. The first-order valence-electron chi connectivity index (χ1n) is 8.46. The Morgan fingerprint density at radius 3 is 2.57 bits per heavy atom. The third-order valence-electron chi connectivity index (χ3n) is 4.25. The van der Waals surface area contributed by atoms with Crippen LogP contribution in [0.2, 0.25) is 5.02 Å². The predicted octanol–water partition coefficient (Wildman–Crippen LogP) is 4.16. The van der Waals surface area contributed by atoms with Gasteiger partial charge in [0.1, 0.15) is 5.75 Å². The number of urea groups is 1. The fourth-order valence-electron chi connectivity index (χ4n) is 2.59. The van der Waals surface area contributed by atoms with Gasteiger partial charge in [-0.3, -0.25) is 14.7 Å². The molecular weight excluding hydrogens is 380 g/mol. The van der Waals surface area contributed by atoms with Crippen LogP contribution in [0.15, 0.2) is 53.6 Å².